The number of amides is 1. The Labute approximate surface area is 168 Å². The highest BCUT2D eigenvalue weighted by Crippen LogP contribution is 2.28. The van der Waals surface area contributed by atoms with Gasteiger partial charge in [-0.25, -0.2) is 9.78 Å². The Morgan fingerprint density at radius 3 is 2.45 bits per heavy atom. The van der Waals surface area contributed by atoms with Crippen LogP contribution < -0.4 is 10.6 Å². The molecule has 0 atom stereocenters. The van der Waals surface area contributed by atoms with Gasteiger partial charge in [0.05, 0.1) is 12.2 Å². The number of aromatic nitrogens is 1. The van der Waals surface area contributed by atoms with Gasteiger partial charge in [-0.05, 0) is 25.5 Å². The van der Waals surface area contributed by atoms with E-state index in [1.54, 1.807) is 18.9 Å². The molecule has 0 aliphatic carbocycles. The normalized spacial score (nSPS) is 15.3. The second-order valence-electron chi connectivity index (χ2n) is 6.36. The van der Waals surface area contributed by atoms with Crippen molar-refractivity contribution < 1.29 is 22.7 Å². The molecule has 29 heavy (non-hydrogen) atoms. The molecule has 1 amide bonds. The molecule has 1 aliphatic rings. The zero-order chi connectivity index (χ0) is 21.3. The predicted molar refractivity (Wildman–Crippen MR) is 104 cm³/mol. The summed E-state index contributed by atoms with van der Waals surface area (Å²) in [5.41, 5.74) is -0.767. The van der Waals surface area contributed by atoms with Crippen molar-refractivity contribution in [3.05, 3.63) is 23.9 Å². The maximum Gasteiger partial charge on any atom is 0.417 e. The zero-order valence-electron chi connectivity index (χ0n) is 16.6. The number of alkyl halides is 3. The molecule has 11 heteroatoms. The second kappa shape index (κ2) is 10.7. The highest BCUT2D eigenvalue weighted by atomic mass is 19.4. The molecule has 1 saturated heterocycles. The third kappa shape index (κ3) is 6.99. The van der Waals surface area contributed by atoms with Gasteiger partial charge in [-0.15, -0.1) is 0 Å². The van der Waals surface area contributed by atoms with Gasteiger partial charge in [0.1, 0.15) is 5.82 Å². The van der Waals surface area contributed by atoms with Gasteiger partial charge in [-0.3, -0.25) is 4.99 Å². The molecular formula is C18H27F3N6O2. The summed E-state index contributed by atoms with van der Waals surface area (Å²) in [7, 11) is 1.70. The first-order valence-corrected chi connectivity index (χ1v) is 9.49. The van der Waals surface area contributed by atoms with Crippen LogP contribution in [0.25, 0.3) is 0 Å². The number of hydrogen-bond donors (Lipinski definition) is 2. The molecule has 1 aromatic rings. The van der Waals surface area contributed by atoms with Crippen molar-refractivity contribution in [3.8, 4) is 0 Å². The van der Waals surface area contributed by atoms with Gasteiger partial charge in [0.25, 0.3) is 0 Å². The topological polar surface area (TPSA) is 82.1 Å². The minimum absolute atomic E-state index is 0.293. The number of carbonyl (C=O) groups excluding carboxylic acids is 1. The SMILES string of the molecule is CCOC(=O)N1CCN(C(=NC)NCCCNc2ccc(C(F)(F)F)cn2)CC1. The van der Waals surface area contributed by atoms with Crippen molar-refractivity contribution in [2.24, 2.45) is 4.99 Å². The van der Waals surface area contributed by atoms with Crippen molar-refractivity contribution in [1.82, 2.24) is 20.1 Å². The number of nitrogens with zero attached hydrogens (tertiary/aromatic N) is 4. The maximum absolute atomic E-state index is 12.5. The third-order valence-corrected chi connectivity index (χ3v) is 4.35. The van der Waals surface area contributed by atoms with Gasteiger partial charge in [-0.2, -0.15) is 13.2 Å². The first-order valence-electron chi connectivity index (χ1n) is 9.49. The molecule has 0 spiro atoms. The van der Waals surface area contributed by atoms with Crippen LogP contribution in [0, 0.1) is 0 Å². The van der Waals surface area contributed by atoms with Crippen LogP contribution in [-0.4, -0.2) is 79.8 Å². The quantitative estimate of drug-likeness (QED) is 0.421. The fourth-order valence-electron chi connectivity index (χ4n) is 2.82. The lowest BCUT2D eigenvalue weighted by Gasteiger charge is -2.35. The number of hydrogen-bond acceptors (Lipinski definition) is 5. The molecule has 0 aromatic carbocycles. The average Bonchev–Trinajstić information content (AvgIpc) is 2.71. The van der Waals surface area contributed by atoms with Crippen LogP contribution in [0.2, 0.25) is 0 Å². The lowest BCUT2D eigenvalue weighted by molar-refractivity contribution is -0.137. The number of nitrogens with one attached hydrogen (secondary N) is 2. The molecule has 2 N–H and O–H groups in total. The third-order valence-electron chi connectivity index (χ3n) is 4.35. The molecule has 1 aromatic heterocycles. The van der Waals surface area contributed by atoms with E-state index in [1.165, 1.54) is 6.07 Å². The van der Waals surface area contributed by atoms with E-state index < -0.39 is 11.7 Å². The Bertz CT molecular complexity index is 673. The van der Waals surface area contributed by atoms with Crippen molar-refractivity contribution in [2.75, 3.05) is 58.2 Å². The Hall–Kier alpha value is -2.72. The van der Waals surface area contributed by atoms with Crippen LogP contribution in [0.15, 0.2) is 23.3 Å². The lowest BCUT2D eigenvalue weighted by atomic mass is 10.3. The van der Waals surface area contributed by atoms with Crippen LogP contribution >= 0.6 is 0 Å². The molecule has 1 aliphatic heterocycles. The van der Waals surface area contributed by atoms with Gasteiger partial charge in [0.2, 0.25) is 0 Å². The summed E-state index contributed by atoms with van der Waals surface area (Å²) in [4.78, 5) is 23.5. The number of halogens is 3. The molecule has 2 heterocycles. The fourth-order valence-corrected chi connectivity index (χ4v) is 2.82. The van der Waals surface area contributed by atoms with Gasteiger partial charge in [-0.1, -0.05) is 0 Å². The van der Waals surface area contributed by atoms with Crippen LogP contribution in [0.4, 0.5) is 23.8 Å². The van der Waals surface area contributed by atoms with Gasteiger partial charge < -0.3 is 25.2 Å². The Balaban J connectivity index is 1.67. The van der Waals surface area contributed by atoms with E-state index in [9.17, 15) is 18.0 Å². The Morgan fingerprint density at radius 2 is 1.90 bits per heavy atom. The number of pyridine rings is 1. The summed E-state index contributed by atoms with van der Waals surface area (Å²) in [6.45, 7) is 5.79. The van der Waals surface area contributed by atoms with E-state index in [0.29, 0.717) is 51.7 Å². The molecule has 0 bridgehead atoms. The predicted octanol–water partition coefficient (Wildman–Crippen LogP) is 2.25. The van der Waals surface area contributed by atoms with E-state index in [0.717, 1.165) is 24.6 Å². The molecule has 0 saturated carbocycles. The molecule has 0 radical (unpaired) electrons. The summed E-state index contributed by atoms with van der Waals surface area (Å²) in [6.07, 6.45) is -3.13. The van der Waals surface area contributed by atoms with E-state index in [-0.39, 0.29) is 6.09 Å². The monoisotopic (exact) mass is 416 g/mol. The maximum atomic E-state index is 12.5. The van der Waals surface area contributed by atoms with E-state index in [1.807, 2.05) is 0 Å². The summed E-state index contributed by atoms with van der Waals surface area (Å²) in [6, 6.07) is 2.32. The smallest absolute Gasteiger partial charge is 0.417 e. The summed E-state index contributed by atoms with van der Waals surface area (Å²) >= 11 is 0. The number of carbonyl (C=O) groups is 1. The summed E-state index contributed by atoms with van der Waals surface area (Å²) < 4.78 is 42.6. The van der Waals surface area contributed by atoms with Crippen molar-refractivity contribution in [1.29, 1.82) is 0 Å². The molecule has 0 unspecified atom stereocenters. The highest BCUT2D eigenvalue weighted by Gasteiger charge is 2.30. The van der Waals surface area contributed by atoms with Crippen LogP contribution in [0.3, 0.4) is 0 Å². The number of guanidine groups is 1. The van der Waals surface area contributed by atoms with Crippen LogP contribution in [0.5, 0.6) is 0 Å². The standard InChI is InChI=1S/C18H27F3N6O2/c1-3-29-17(28)27-11-9-26(10-12-27)16(22-2)24-8-4-7-23-15-6-5-14(13-25-15)18(19,20)21/h5-6,13H,3-4,7-12H2,1-2H3,(H,22,24)(H,23,25). The largest absolute Gasteiger partial charge is 0.450 e. The van der Waals surface area contributed by atoms with Crippen LogP contribution in [0.1, 0.15) is 18.9 Å². The van der Waals surface area contributed by atoms with Crippen LogP contribution in [-0.2, 0) is 10.9 Å². The summed E-state index contributed by atoms with van der Waals surface area (Å²) in [5, 5.41) is 6.25. The second-order valence-corrected chi connectivity index (χ2v) is 6.36. The van der Waals surface area contributed by atoms with Crippen molar-refractivity contribution in [2.45, 2.75) is 19.5 Å². The molecule has 2 rings (SSSR count). The number of anilines is 1. The minimum atomic E-state index is -4.38. The zero-order valence-corrected chi connectivity index (χ0v) is 16.6. The van der Waals surface area contributed by atoms with Crippen molar-refractivity contribution in [3.63, 3.8) is 0 Å². The number of ether oxygens (including phenoxy) is 1. The van der Waals surface area contributed by atoms with E-state index >= 15 is 0 Å². The Morgan fingerprint density at radius 1 is 1.21 bits per heavy atom. The minimum Gasteiger partial charge on any atom is -0.450 e. The molecule has 162 valence electrons. The lowest BCUT2D eigenvalue weighted by Crippen LogP contribution is -2.54. The van der Waals surface area contributed by atoms with E-state index in [4.69, 9.17) is 4.74 Å². The summed E-state index contributed by atoms with van der Waals surface area (Å²) in [5.74, 6) is 1.15. The molecular weight excluding hydrogens is 389 g/mol. The fraction of sp³-hybridized carbons (Fsp3) is 0.611. The van der Waals surface area contributed by atoms with E-state index in [2.05, 4.69) is 25.5 Å². The first-order chi connectivity index (χ1) is 13.8. The van der Waals surface area contributed by atoms with Crippen molar-refractivity contribution >= 4 is 17.9 Å². The van der Waals surface area contributed by atoms with Gasteiger partial charge in [0, 0.05) is 52.5 Å². The number of piperazine rings is 1. The number of aliphatic imine (C=N–C) groups is 1. The molecule has 1 fully saturated rings. The first kappa shape index (κ1) is 22.6. The Kier molecular flexibility index (Phi) is 8.34. The number of rotatable bonds is 6. The molecule has 8 nitrogen and oxygen atoms in total. The van der Waals surface area contributed by atoms with Gasteiger partial charge >= 0.3 is 12.3 Å². The van der Waals surface area contributed by atoms with Gasteiger partial charge in [0.15, 0.2) is 5.96 Å². The highest BCUT2D eigenvalue weighted by molar-refractivity contribution is 5.80. The average molecular weight is 416 g/mol.